The second kappa shape index (κ2) is 6.64. The quantitative estimate of drug-likeness (QED) is 0.924. The molecule has 0 amide bonds. The molecule has 1 aromatic rings. The Balaban J connectivity index is 1.75. The van der Waals surface area contributed by atoms with Crippen molar-refractivity contribution >= 4 is 11.6 Å². The highest BCUT2D eigenvalue weighted by Gasteiger charge is 2.39. The molecule has 21 heavy (non-hydrogen) atoms. The summed E-state index contributed by atoms with van der Waals surface area (Å²) in [5.41, 5.74) is 1.56. The lowest BCUT2D eigenvalue weighted by molar-refractivity contribution is 0.0484. The Morgan fingerprint density at radius 1 is 1.38 bits per heavy atom. The second-order valence-electron chi connectivity index (χ2n) is 6.66. The third kappa shape index (κ3) is 3.41. The maximum atomic E-state index is 6.31. The summed E-state index contributed by atoms with van der Waals surface area (Å²) in [6, 6.07) is 2.67. The van der Waals surface area contributed by atoms with Crippen molar-refractivity contribution in [3.63, 3.8) is 0 Å². The standard InChI is InChI=1S/C17H26ClN3/c1-2-15-10-20-17(7-4-3-5-8-17)13-21(15)12-14-6-9-19-11-16(14)18/h6,9,11,15,20H,2-5,7-8,10,12-13H2,1H3. The van der Waals surface area contributed by atoms with E-state index in [1.807, 2.05) is 6.20 Å². The van der Waals surface area contributed by atoms with E-state index < -0.39 is 0 Å². The van der Waals surface area contributed by atoms with Gasteiger partial charge >= 0.3 is 0 Å². The number of rotatable bonds is 3. The molecule has 2 fully saturated rings. The molecule has 0 bridgehead atoms. The molecule has 1 aliphatic heterocycles. The van der Waals surface area contributed by atoms with Crippen molar-refractivity contribution in [2.75, 3.05) is 13.1 Å². The van der Waals surface area contributed by atoms with Crippen LogP contribution in [0.2, 0.25) is 5.02 Å². The van der Waals surface area contributed by atoms with Crippen molar-refractivity contribution in [2.45, 2.75) is 63.6 Å². The van der Waals surface area contributed by atoms with E-state index in [1.54, 1.807) is 6.20 Å². The normalized spacial score (nSPS) is 26.1. The molecule has 116 valence electrons. The first-order valence-electron chi connectivity index (χ1n) is 8.30. The Morgan fingerprint density at radius 2 is 2.19 bits per heavy atom. The fraction of sp³-hybridized carbons (Fsp3) is 0.706. The summed E-state index contributed by atoms with van der Waals surface area (Å²) in [6.45, 7) is 5.50. The van der Waals surface area contributed by atoms with Crippen LogP contribution in [0.5, 0.6) is 0 Å². The van der Waals surface area contributed by atoms with Crippen molar-refractivity contribution in [3.8, 4) is 0 Å². The van der Waals surface area contributed by atoms with Crippen LogP contribution in [-0.2, 0) is 6.54 Å². The van der Waals surface area contributed by atoms with Gasteiger partial charge in [0.05, 0.1) is 5.02 Å². The molecule has 3 nitrogen and oxygen atoms in total. The van der Waals surface area contributed by atoms with Gasteiger partial charge in [0.25, 0.3) is 0 Å². The van der Waals surface area contributed by atoms with Gasteiger partial charge in [0.15, 0.2) is 0 Å². The summed E-state index contributed by atoms with van der Waals surface area (Å²) in [6.07, 6.45) is 11.6. The highest BCUT2D eigenvalue weighted by molar-refractivity contribution is 6.31. The van der Waals surface area contributed by atoms with Gasteiger partial charge in [-0.15, -0.1) is 0 Å². The van der Waals surface area contributed by atoms with Gasteiger partial charge in [0, 0.05) is 43.6 Å². The van der Waals surface area contributed by atoms with Gasteiger partial charge in [-0.1, -0.05) is 37.8 Å². The summed E-state index contributed by atoms with van der Waals surface area (Å²) in [4.78, 5) is 6.74. The Kier molecular flexibility index (Phi) is 4.82. The number of nitrogens with zero attached hydrogens (tertiary/aromatic N) is 2. The summed E-state index contributed by atoms with van der Waals surface area (Å²) < 4.78 is 0. The van der Waals surface area contributed by atoms with Crippen molar-refractivity contribution in [3.05, 3.63) is 29.0 Å². The Hall–Kier alpha value is -0.640. The predicted octanol–water partition coefficient (Wildman–Crippen LogP) is 3.62. The number of hydrogen-bond acceptors (Lipinski definition) is 3. The molecule has 4 heteroatoms. The average Bonchev–Trinajstić information content (AvgIpc) is 2.51. The first-order chi connectivity index (χ1) is 10.2. The van der Waals surface area contributed by atoms with Crippen LogP contribution in [0.3, 0.4) is 0 Å². The third-order valence-corrected chi connectivity index (χ3v) is 5.59. The number of nitrogens with one attached hydrogen (secondary N) is 1. The molecule has 3 rings (SSSR count). The summed E-state index contributed by atoms with van der Waals surface area (Å²) in [5, 5.41) is 4.67. The van der Waals surface area contributed by atoms with Crippen LogP contribution in [0, 0.1) is 0 Å². The molecule has 1 N–H and O–H groups in total. The van der Waals surface area contributed by atoms with Gasteiger partial charge in [-0.3, -0.25) is 9.88 Å². The van der Waals surface area contributed by atoms with Crippen LogP contribution in [0.1, 0.15) is 51.0 Å². The lowest BCUT2D eigenvalue weighted by atomic mass is 9.79. The maximum absolute atomic E-state index is 6.31. The van der Waals surface area contributed by atoms with Crippen LogP contribution in [0.15, 0.2) is 18.5 Å². The number of halogens is 1. The largest absolute Gasteiger partial charge is 0.308 e. The van der Waals surface area contributed by atoms with E-state index in [2.05, 4.69) is 28.2 Å². The van der Waals surface area contributed by atoms with Crippen LogP contribution >= 0.6 is 11.6 Å². The number of hydrogen-bond donors (Lipinski definition) is 1. The number of pyridine rings is 1. The van der Waals surface area contributed by atoms with Gasteiger partial charge in [-0.05, 0) is 30.9 Å². The molecule has 2 aliphatic rings. The number of piperazine rings is 1. The van der Waals surface area contributed by atoms with Crippen molar-refractivity contribution in [1.29, 1.82) is 0 Å². The van der Waals surface area contributed by atoms with Gasteiger partial charge < -0.3 is 5.32 Å². The lowest BCUT2D eigenvalue weighted by Crippen LogP contribution is -2.64. The molecular formula is C17H26ClN3. The third-order valence-electron chi connectivity index (χ3n) is 5.25. The first kappa shape index (κ1) is 15.3. The minimum absolute atomic E-state index is 0.351. The van der Waals surface area contributed by atoms with Crippen molar-refractivity contribution in [1.82, 2.24) is 15.2 Å². The summed E-state index contributed by atoms with van der Waals surface area (Å²) in [5.74, 6) is 0. The van der Waals surface area contributed by atoms with Crippen LogP contribution in [0.4, 0.5) is 0 Å². The Labute approximate surface area is 133 Å². The monoisotopic (exact) mass is 307 g/mol. The summed E-state index contributed by atoms with van der Waals surface area (Å²) >= 11 is 6.31. The van der Waals surface area contributed by atoms with Crippen LogP contribution < -0.4 is 5.32 Å². The molecule has 1 unspecified atom stereocenters. The highest BCUT2D eigenvalue weighted by atomic mass is 35.5. The topological polar surface area (TPSA) is 28.2 Å². The number of aromatic nitrogens is 1. The molecule has 1 aromatic heterocycles. The predicted molar refractivity (Wildman–Crippen MR) is 87.6 cm³/mol. The van der Waals surface area contributed by atoms with Crippen LogP contribution in [-0.4, -0.2) is 34.6 Å². The van der Waals surface area contributed by atoms with E-state index in [0.717, 1.165) is 24.7 Å². The molecule has 2 heterocycles. The van der Waals surface area contributed by atoms with Crippen LogP contribution in [0.25, 0.3) is 0 Å². The van der Waals surface area contributed by atoms with E-state index >= 15 is 0 Å². The van der Waals surface area contributed by atoms with Gasteiger partial charge in [0.2, 0.25) is 0 Å². The van der Waals surface area contributed by atoms with E-state index in [0.29, 0.717) is 11.6 Å². The van der Waals surface area contributed by atoms with E-state index in [9.17, 15) is 0 Å². The maximum Gasteiger partial charge on any atom is 0.0634 e. The molecular weight excluding hydrogens is 282 g/mol. The highest BCUT2D eigenvalue weighted by Crippen LogP contribution is 2.33. The Bertz CT molecular complexity index is 471. The minimum atomic E-state index is 0.351. The average molecular weight is 308 g/mol. The molecule has 1 spiro atoms. The second-order valence-corrected chi connectivity index (χ2v) is 7.06. The fourth-order valence-electron chi connectivity index (χ4n) is 3.94. The zero-order chi connectivity index (χ0) is 14.7. The Morgan fingerprint density at radius 3 is 2.90 bits per heavy atom. The van der Waals surface area contributed by atoms with E-state index in [4.69, 9.17) is 11.6 Å². The van der Waals surface area contributed by atoms with E-state index in [-0.39, 0.29) is 0 Å². The zero-order valence-electron chi connectivity index (χ0n) is 12.9. The van der Waals surface area contributed by atoms with Gasteiger partial charge in [0.1, 0.15) is 0 Å². The first-order valence-corrected chi connectivity index (χ1v) is 8.68. The van der Waals surface area contributed by atoms with Gasteiger partial charge in [-0.2, -0.15) is 0 Å². The molecule has 1 atom stereocenters. The molecule has 0 aromatic carbocycles. The fourth-order valence-corrected chi connectivity index (χ4v) is 4.12. The minimum Gasteiger partial charge on any atom is -0.308 e. The molecule has 1 aliphatic carbocycles. The smallest absolute Gasteiger partial charge is 0.0634 e. The lowest BCUT2D eigenvalue weighted by Gasteiger charge is -2.49. The SMILES string of the molecule is CCC1CNC2(CCCCC2)CN1Cc1ccncc1Cl. The molecule has 1 saturated heterocycles. The van der Waals surface area contributed by atoms with Crippen molar-refractivity contribution in [2.24, 2.45) is 0 Å². The zero-order valence-corrected chi connectivity index (χ0v) is 13.7. The van der Waals surface area contributed by atoms with Crippen molar-refractivity contribution < 1.29 is 0 Å². The van der Waals surface area contributed by atoms with E-state index in [1.165, 1.54) is 44.1 Å². The molecule has 1 saturated carbocycles. The van der Waals surface area contributed by atoms with Gasteiger partial charge in [-0.25, -0.2) is 0 Å². The summed E-state index contributed by atoms with van der Waals surface area (Å²) in [7, 11) is 0. The molecule has 0 radical (unpaired) electrons.